The van der Waals surface area contributed by atoms with Gasteiger partial charge in [-0.1, -0.05) is 60.1 Å². The molecule has 160 valence electrons. The number of likely N-dealkylation sites (tertiary alicyclic amines) is 1. The summed E-state index contributed by atoms with van der Waals surface area (Å²) in [7, 11) is 3.80. The number of hydrogen-bond acceptors (Lipinski definition) is 3. The van der Waals surface area contributed by atoms with E-state index < -0.39 is 11.0 Å². The first kappa shape index (κ1) is 19.7. The van der Waals surface area contributed by atoms with Crippen LogP contribution in [0.2, 0.25) is 5.02 Å². The highest BCUT2D eigenvalue weighted by molar-refractivity contribution is 6.30. The van der Waals surface area contributed by atoms with Gasteiger partial charge in [0.15, 0.2) is 5.78 Å². The van der Waals surface area contributed by atoms with E-state index in [2.05, 4.69) is 4.90 Å². The molecule has 3 atom stereocenters. The normalized spacial score (nSPS) is 27.8. The first-order valence-corrected chi connectivity index (χ1v) is 11.2. The predicted molar refractivity (Wildman–Crippen MR) is 126 cm³/mol. The van der Waals surface area contributed by atoms with Gasteiger partial charge in [-0.15, -0.1) is 0 Å². The van der Waals surface area contributed by atoms with Crippen molar-refractivity contribution in [1.82, 2.24) is 4.90 Å². The lowest BCUT2D eigenvalue weighted by atomic mass is 9.45. The van der Waals surface area contributed by atoms with E-state index in [4.69, 9.17) is 11.6 Å². The molecule has 0 N–H and O–H groups in total. The number of likely N-dealkylation sites (N-methyl/N-ethyl adjacent to an activating group) is 2. The van der Waals surface area contributed by atoms with Crippen LogP contribution in [0.15, 0.2) is 66.7 Å². The molecule has 1 amide bonds. The van der Waals surface area contributed by atoms with Crippen LogP contribution in [0, 0.1) is 6.92 Å². The second-order valence-electron chi connectivity index (χ2n) is 9.21. The summed E-state index contributed by atoms with van der Waals surface area (Å²) in [6.07, 6.45) is 0. The molecule has 1 aliphatic carbocycles. The Balaban J connectivity index is 1.70. The predicted octanol–water partition coefficient (Wildman–Crippen LogP) is 4.68. The second-order valence-corrected chi connectivity index (χ2v) is 9.65. The van der Waals surface area contributed by atoms with Gasteiger partial charge in [-0.05, 0) is 48.9 Å². The first-order chi connectivity index (χ1) is 15.4. The zero-order valence-electron chi connectivity index (χ0n) is 18.2. The molecule has 3 aromatic rings. The zero-order chi connectivity index (χ0) is 22.4. The first-order valence-electron chi connectivity index (χ1n) is 10.9. The number of Topliss-reactive ketones (excluding diaryl/α,β-unsaturated/α-hetero) is 1. The lowest BCUT2D eigenvalue weighted by Crippen LogP contribution is -2.68. The van der Waals surface area contributed by atoms with E-state index in [9.17, 15) is 9.59 Å². The molecule has 2 heterocycles. The third-order valence-corrected chi connectivity index (χ3v) is 8.20. The smallest absolute Gasteiger partial charge is 0.253 e. The number of ketones is 1. The average Bonchev–Trinajstić information content (AvgIpc) is 3.15. The molecule has 32 heavy (non-hydrogen) atoms. The number of carbonyl (C=O) groups is 2. The van der Waals surface area contributed by atoms with Gasteiger partial charge < -0.3 is 4.90 Å². The number of fused-ring (bicyclic) bond motifs is 1. The van der Waals surface area contributed by atoms with Crippen molar-refractivity contribution in [1.29, 1.82) is 0 Å². The maximum absolute atomic E-state index is 14.6. The molecule has 0 aromatic heterocycles. The number of halogens is 1. The Morgan fingerprint density at radius 2 is 1.72 bits per heavy atom. The second kappa shape index (κ2) is 6.31. The molecule has 1 fully saturated rings. The molecule has 0 unspecified atom stereocenters. The number of aryl methyl sites for hydroxylation is 1. The van der Waals surface area contributed by atoms with Crippen LogP contribution >= 0.6 is 11.6 Å². The van der Waals surface area contributed by atoms with Crippen LogP contribution in [-0.4, -0.2) is 37.2 Å². The van der Waals surface area contributed by atoms with E-state index in [1.807, 2.05) is 87.7 Å². The highest BCUT2D eigenvalue weighted by Gasteiger charge is 2.82. The van der Waals surface area contributed by atoms with Gasteiger partial charge in [-0.2, -0.15) is 0 Å². The van der Waals surface area contributed by atoms with Crippen molar-refractivity contribution < 1.29 is 9.59 Å². The highest BCUT2D eigenvalue weighted by atomic mass is 35.5. The summed E-state index contributed by atoms with van der Waals surface area (Å²) in [6.45, 7) is 2.57. The molecular weight excluding hydrogens is 420 g/mol. The Bertz CT molecular complexity index is 1320. The third-order valence-electron chi connectivity index (χ3n) is 7.95. The van der Waals surface area contributed by atoms with E-state index in [0.29, 0.717) is 17.1 Å². The van der Waals surface area contributed by atoms with Crippen LogP contribution < -0.4 is 4.90 Å². The van der Waals surface area contributed by atoms with Crippen LogP contribution in [0.5, 0.6) is 0 Å². The maximum Gasteiger partial charge on any atom is 0.253 e. The minimum atomic E-state index is -0.991. The van der Waals surface area contributed by atoms with Crippen molar-refractivity contribution >= 4 is 29.0 Å². The summed E-state index contributed by atoms with van der Waals surface area (Å²) in [6, 6.07) is 21.4. The van der Waals surface area contributed by atoms with Gasteiger partial charge in [0, 0.05) is 41.3 Å². The van der Waals surface area contributed by atoms with Gasteiger partial charge in [0.25, 0.3) is 5.91 Å². The van der Waals surface area contributed by atoms with Gasteiger partial charge in [-0.3, -0.25) is 14.5 Å². The zero-order valence-corrected chi connectivity index (χ0v) is 19.0. The fourth-order valence-electron chi connectivity index (χ4n) is 6.66. The lowest BCUT2D eigenvalue weighted by molar-refractivity contribution is -0.131. The number of hydrogen-bond donors (Lipinski definition) is 0. The summed E-state index contributed by atoms with van der Waals surface area (Å²) in [5, 5.41) is 0.655. The van der Waals surface area contributed by atoms with E-state index >= 15 is 0 Å². The molecule has 1 saturated heterocycles. The van der Waals surface area contributed by atoms with Gasteiger partial charge in [0.1, 0.15) is 5.54 Å². The number of rotatable bonds is 3. The lowest BCUT2D eigenvalue weighted by Gasteiger charge is -2.55. The van der Waals surface area contributed by atoms with Gasteiger partial charge in [-0.25, -0.2) is 0 Å². The summed E-state index contributed by atoms with van der Waals surface area (Å²) < 4.78 is 0. The molecule has 4 nitrogen and oxygen atoms in total. The standard InChI is InChI=1S/C27H23ClN2O2/c1-16-7-4-5-8-19(16)24(31)26-20-9-6-10-22-23(20)27(26,25(32)30(22)3)29(2)15-21(26)17-11-13-18(28)14-12-17/h4-14,21H,15H2,1-3H3/t21-,26+,27+/m0/s1. The summed E-state index contributed by atoms with van der Waals surface area (Å²) in [5.41, 5.74) is 3.53. The number of anilines is 1. The van der Waals surface area contributed by atoms with Gasteiger partial charge in [0.05, 0.1) is 5.41 Å². The Kier molecular flexibility index (Phi) is 3.88. The molecule has 0 radical (unpaired) electrons. The van der Waals surface area contributed by atoms with Crippen molar-refractivity contribution in [3.8, 4) is 0 Å². The molecular formula is C27H23ClN2O2. The maximum atomic E-state index is 14.6. The number of carbonyl (C=O) groups excluding carboxylic acids is 2. The van der Waals surface area contributed by atoms with E-state index in [1.165, 1.54) is 0 Å². The van der Waals surface area contributed by atoms with Crippen LogP contribution in [0.1, 0.15) is 38.5 Å². The summed E-state index contributed by atoms with van der Waals surface area (Å²) >= 11 is 6.19. The monoisotopic (exact) mass is 442 g/mol. The molecule has 2 aliphatic heterocycles. The molecule has 0 saturated carbocycles. The van der Waals surface area contributed by atoms with Gasteiger partial charge in [0.2, 0.25) is 0 Å². The molecule has 1 spiro atoms. The van der Waals surface area contributed by atoms with E-state index in [0.717, 1.165) is 27.9 Å². The van der Waals surface area contributed by atoms with Crippen molar-refractivity contribution in [3.63, 3.8) is 0 Å². The quantitative estimate of drug-likeness (QED) is 0.553. The largest absolute Gasteiger partial charge is 0.313 e. The Hall–Kier alpha value is -2.95. The van der Waals surface area contributed by atoms with E-state index in [1.54, 1.807) is 4.90 Å². The van der Waals surface area contributed by atoms with Crippen LogP contribution in [0.3, 0.4) is 0 Å². The number of amides is 1. The van der Waals surface area contributed by atoms with Crippen LogP contribution in [0.25, 0.3) is 0 Å². The third kappa shape index (κ3) is 1.95. The Morgan fingerprint density at radius 3 is 2.44 bits per heavy atom. The SMILES string of the molecule is Cc1ccccc1C(=O)[C@]12c3cccc4c3[C@]1(C(=O)N4C)N(C)C[C@H]2c1ccc(Cl)cc1. The fourth-order valence-corrected chi connectivity index (χ4v) is 6.79. The molecule has 3 aliphatic rings. The van der Waals surface area contributed by atoms with Crippen molar-refractivity contribution in [2.24, 2.45) is 0 Å². The fraction of sp³-hybridized carbons (Fsp3) is 0.259. The van der Waals surface area contributed by atoms with Gasteiger partial charge >= 0.3 is 0 Å². The van der Waals surface area contributed by atoms with Crippen molar-refractivity contribution in [2.45, 2.75) is 23.8 Å². The van der Waals surface area contributed by atoms with Crippen molar-refractivity contribution in [2.75, 3.05) is 25.5 Å². The van der Waals surface area contributed by atoms with Crippen LogP contribution in [0.4, 0.5) is 5.69 Å². The minimum absolute atomic E-state index is 0.0212. The van der Waals surface area contributed by atoms with Crippen molar-refractivity contribution in [3.05, 3.63) is 99.6 Å². The summed E-state index contributed by atoms with van der Waals surface area (Å²) in [5.74, 6) is -0.171. The number of benzene rings is 3. The molecule has 6 rings (SSSR count). The Morgan fingerprint density at radius 1 is 1.00 bits per heavy atom. The Labute approximate surface area is 192 Å². The topological polar surface area (TPSA) is 40.6 Å². The number of nitrogens with zero attached hydrogens (tertiary/aromatic N) is 2. The molecule has 3 aromatic carbocycles. The minimum Gasteiger partial charge on any atom is -0.313 e. The molecule has 0 bridgehead atoms. The molecule has 5 heteroatoms. The van der Waals surface area contributed by atoms with Crippen LogP contribution in [-0.2, 0) is 15.7 Å². The van der Waals surface area contributed by atoms with E-state index in [-0.39, 0.29) is 17.6 Å². The highest BCUT2D eigenvalue weighted by Crippen LogP contribution is 2.73. The summed E-state index contributed by atoms with van der Waals surface area (Å²) in [4.78, 5) is 32.5. The average molecular weight is 443 g/mol.